The second kappa shape index (κ2) is 7.28. The zero-order valence-electron chi connectivity index (χ0n) is 11.0. The molecule has 1 fully saturated rings. The third-order valence-electron chi connectivity index (χ3n) is 3.36. The van der Waals surface area contributed by atoms with Crippen LogP contribution in [0.1, 0.15) is 33.1 Å². The number of amides is 1. The fraction of sp³-hybridized carbons (Fsp3) is 0.643. The fourth-order valence-electron chi connectivity index (χ4n) is 2.11. The Morgan fingerprint density at radius 2 is 2.29 bits per heavy atom. The number of nitrogens with two attached hydrogens (primary N) is 1. The van der Waals surface area contributed by atoms with Crippen LogP contribution in [-0.4, -0.2) is 30.4 Å². The molecular formula is C14H24N2O. The third kappa shape index (κ3) is 5.18. The molecule has 1 unspecified atom stereocenters. The minimum Gasteiger partial charge on any atom is -0.369 e. The maximum absolute atomic E-state index is 11.1. The summed E-state index contributed by atoms with van der Waals surface area (Å²) in [7, 11) is 0. The number of hydrogen-bond donors (Lipinski definition) is 1. The minimum absolute atomic E-state index is 0.0602. The molecule has 0 aromatic carbocycles. The Labute approximate surface area is 104 Å². The lowest BCUT2D eigenvalue weighted by Crippen LogP contribution is -2.41. The summed E-state index contributed by atoms with van der Waals surface area (Å²) in [6, 6.07) is 0. The van der Waals surface area contributed by atoms with E-state index >= 15 is 0 Å². The van der Waals surface area contributed by atoms with Gasteiger partial charge in [-0.1, -0.05) is 23.8 Å². The summed E-state index contributed by atoms with van der Waals surface area (Å²) < 4.78 is 0. The molecule has 0 aliphatic carbocycles. The number of nitrogens with zero attached hydrogens (tertiary/aromatic N) is 1. The second-order valence-corrected chi connectivity index (χ2v) is 4.77. The molecule has 1 rings (SSSR count). The highest BCUT2D eigenvalue weighted by atomic mass is 16.1. The first-order valence-corrected chi connectivity index (χ1v) is 6.44. The summed E-state index contributed by atoms with van der Waals surface area (Å²) in [4.78, 5) is 13.5. The van der Waals surface area contributed by atoms with E-state index in [2.05, 4.69) is 30.1 Å². The SMILES string of the molecule is C/C=C(C)\C=C/CCN1CCCC(C(N)=O)C1. The largest absolute Gasteiger partial charge is 0.369 e. The molecule has 0 radical (unpaired) electrons. The predicted octanol–water partition coefficient (Wildman–Crippen LogP) is 2.10. The molecule has 1 aliphatic rings. The number of likely N-dealkylation sites (tertiary alicyclic amines) is 1. The molecule has 0 spiro atoms. The van der Waals surface area contributed by atoms with Crippen molar-refractivity contribution < 1.29 is 4.79 Å². The first-order chi connectivity index (χ1) is 8.13. The van der Waals surface area contributed by atoms with Crippen molar-refractivity contribution in [2.75, 3.05) is 19.6 Å². The van der Waals surface area contributed by atoms with Gasteiger partial charge in [-0.25, -0.2) is 0 Å². The highest BCUT2D eigenvalue weighted by Gasteiger charge is 2.22. The van der Waals surface area contributed by atoms with Gasteiger partial charge in [0.15, 0.2) is 0 Å². The minimum atomic E-state index is -0.144. The number of primary amides is 1. The summed E-state index contributed by atoms with van der Waals surface area (Å²) in [6.07, 6.45) is 9.53. The van der Waals surface area contributed by atoms with Crippen LogP contribution >= 0.6 is 0 Å². The Bertz CT molecular complexity index is 307. The van der Waals surface area contributed by atoms with Gasteiger partial charge in [0.25, 0.3) is 0 Å². The number of allylic oxidation sites excluding steroid dienone is 3. The van der Waals surface area contributed by atoms with E-state index in [4.69, 9.17) is 5.73 Å². The highest BCUT2D eigenvalue weighted by molar-refractivity contribution is 5.76. The quantitative estimate of drug-likeness (QED) is 0.743. The van der Waals surface area contributed by atoms with Gasteiger partial charge >= 0.3 is 0 Å². The lowest BCUT2D eigenvalue weighted by Gasteiger charge is -2.30. The maximum Gasteiger partial charge on any atom is 0.221 e. The van der Waals surface area contributed by atoms with Gasteiger partial charge in [0.05, 0.1) is 5.92 Å². The molecule has 1 aliphatic heterocycles. The topological polar surface area (TPSA) is 46.3 Å². The molecule has 0 bridgehead atoms. The van der Waals surface area contributed by atoms with Crippen LogP contribution in [0.25, 0.3) is 0 Å². The molecule has 96 valence electrons. The van der Waals surface area contributed by atoms with Gasteiger partial charge in [-0.3, -0.25) is 4.79 Å². The predicted molar refractivity (Wildman–Crippen MR) is 71.5 cm³/mol. The van der Waals surface area contributed by atoms with E-state index in [0.29, 0.717) is 0 Å². The molecule has 3 heteroatoms. The van der Waals surface area contributed by atoms with Crippen molar-refractivity contribution in [3.8, 4) is 0 Å². The van der Waals surface area contributed by atoms with Crippen molar-refractivity contribution in [3.63, 3.8) is 0 Å². The molecule has 2 N–H and O–H groups in total. The standard InChI is InChI=1S/C14H24N2O/c1-3-12(2)7-4-5-9-16-10-6-8-13(11-16)14(15)17/h3-4,7,13H,5-6,8-11H2,1-2H3,(H2,15,17)/b7-4-,12-3-. The van der Waals surface area contributed by atoms with E-state index in [1.807, 2.05) is 6.92 Å². The molecule has 1 heterocycles. The van der Waals surface area contributed by atoms with Crippen LogP contribution in [-0.2, 0) is 4.79 Å². The summed E-state index contributed by atoms with van der Waals surface area (Å²) in [5.74, 6) is -0.0833. The molecule has 1 saturated heterocycles. The average Bonchev–Trinajstić information content (AvgIpc) is 2.34. The first-order valence-electron chi connectivity index (χ1n) is 6.44. The molecule has 17 heavy (non-hydrogen) atoms. The average molecular weight is 236 g/mol. The van der Waals surface area contributed by atoms with Gasteiger partial charge in [-0.05, 0) is 39.7 Å². The maximum atomic E-state index is 11.1. The summed E-state index contributed by atoms with van der Waals surface area (Å²) in [5.41, 5.74) is 6.65. The van der Waals surface area contributed by atoms with Gasteiger partial charge in [0.1, 0.15) is 0 Å². The lowest BCUT2D eigenvalue weighted by molar-refractivity contribution is -0.123. The van der Waals surface area contributed by atoms with Crippen molar-refractivity contribution in [2.45, 2.75) is 33.1 Å². The van der Waals surface area contributed by atoms with E-state index < -0.39 is 0 Å². The van der Waals surface area contributed by atoms with Crippen molar-refractivity contribution in [1.29, 1.82) is 0 Å². The van der Waals surface area contributed by atoms with Crippen molar-refractivity contribution in [1.82, 2.24) is 4.90 Å². The molecule has 0 aromatic rings. The van der Waals surface area contributed by atoms with Crippen LogP contribution < -0.4 is 5.73 Å². The van der Waals surface area contributed by atoms with Gasteiger partial charge in [0.2, 0.25) is 5.91 Å². The van der Waals surface area contributed by atoms with Crippen LogP contribution in [0.15, 0.2) is 23.8 Å². The molecule has 3 nitrogen and oxygen atoms in total. The summed E-state index contributed by atoms with van der Waals surface area (Å²) in [5, 5.41) is 0. The number of carbonyl (C=O) groups is 1. The molecule has 1 amide bonds. The highest BCUT2D eigenvalue weighted by Crippen LogP contribution is 2.16. The summed E-state index contributed by atoms with van der Waals surface area (Å²) >= 11 is 0. The Kier molecular flexibility index (Phi) is 5.98. The van der Waals surface area contributed by atoms with E-state index in [9.17, 15) is 4.79 Å². The fourth-order valence-corrected chi connectivity index (χ4v) is 2.11. The Balaban J connectivity index is 2.27. The van der Waals surface area contributed by atoms with E-state index in [1.165, 1.54) is 5.57 Å². The van der Waals surface area contributed by atoms with E-state index in [-0.39, 0.29) is 11.8 Å². The van der Waals surface area contributed by atoms with Crippen LogP contribution in [0.5, 0.6) is 0 Å². The van der Waals surface area contributed by atoms with Crippen LogP contribution in [0, 0.1) is 5.92 Å². The third-order valence-corrected chi connectivity index (χ3v) is 3.36. The number of hydrogen-bond acceptors (Lipinski definition) is 2. The van der Waals surface area contributed by atoms with Gasteiger partial charge in [0, 0.05) is 13.1 Å². The number of rotatable bonds is 5. The Morgan fingerprint density at radius 3 is 2.94 bits per heavy atom. The van der Waals surface area contributed by atoms with E-state index in [0.717, 1.165) is 38.9 Å². The Morgan fingerprint density at radius 1 is 1.53 bits per heavy atom. The lowest BCUT2D eigenvalue weighted by atomic mass is 9.97. The molecular weight excluding hydrogens is 212 g/mol. The monoisotopic (exact) mass is 236 g/mol. The molecule has 0 aromatic heterocycles. The van der Waals surface area contributed by atoms with E-state index in [1.54, 1.807) is 0 Å². The molecule has 0 saturated carbocycles. The number of piperidine rings is 1. The van der Waals surface area contributed by atoms with Gasteiger partial charge < -0.3 is 10.6 Å². The van der Waals surface area contributed by atoms with Crippen molar-refractivity contribution in [3.05, 3.63) is 23.8 Å². The second-order valence-electron chi connectivity index (χ2n) is 4.77. The van der Waals surface area contributed by atoms with Gasteiger partial charge in [-0.15, -0.1) is 0 Å². The van der Waals surface area contributed by atoms with Crippen LogP contribution in [0.4, 0.5) is 0 Å². The smallest absolute Gasteiger partial charge is 0.221 e. The van der Waals surface area contributed by atoms with Crippen molar-refractivity contribution >= 4 is 5.91 Å². The normalized spacial score (nSPS) is 23.2. The van der Waals surface area contributed by atoms with Crippen LogP contribution in [0.2, 0.25) is 0 Å². The summed E-state index contributed by atoms with van der Waals surface area (Å²) in [6.45, 7) is 7.10. The number of carbonyl (C=O) groups excluding carboxylic acids is 1. The van der Waals surface area contributed by atoms with Crippen LogP contribution in [0.3, 0.4) is 0 Å². The zero-order chi connectivity index (χ0) is 12.7. The first kappa shape index (κ1) is 14.0. The van der Waals surface area contributed by atoms with Crippen molar-refractivity contribution in [2.24, 2.45) is 11.7 Å². The zero-order valence-corrected chi connectivity index (χ0v) is 11.0. The molecule has 1 atom stereocenters. The van der Waals surface area contributed by atoms with Gasteiger partial charge in [-0.2, -0.15) is 0 Å². The Hall–Kier alpha value is -1.09.